The second-order valence-electron chi connectivity index (χ2n) is 10.5. The molecule has 1 N–H and O–H groups in total. The van der Waals surface area contributed by atoms with Crippen molar-refractivity contribution in [3.8, 4) is 0 Å². The largest absolute Gasteiger partial charge is 0.726 e. The van der Waals surface area contributed by atoms with Crippen LogP contribution in [-0.4, -0.2) is 57.8 Å². The zero-order valence-corrected chi connectivity index (χ0v) is 24.6. The minimum absolute atomic E-state index is 0.808. The van der Waals surface area contributed by atoms with Gasteiger partial charge in [0.05, 0.1) is 26.7 Å². The van der Waals surface area contributed by atoms with Crippen molar-refractivity contribution in [2.24, 2.45) is 0 Å². The minimum Gasteiger partial charge on any atom is -0.726 e. The predicted molar refractivity (Wildman–Crippen MR) is 148 cm³/mol. The van der Waals surface area contributed by atoms with Crippen LogP contribution in [0.2, 0.25) is 0 Å². The molecule has 35 heavy (non-hydrogen) atoms. The molecule has 1 fully saturated rings. The second kappa shape index (κ2) is 24.1. The Hall–Kier alpha value is -0.210. The van der Waals surface area contributed by atoms with Crippen LogP contribution in [-0.2, 0) is 14.6 Å². The van der Waals surface area contributed by atoms with Gasteiger partial charge in [-0.25, -0.2) is 8.42 Å². The molecule has 0 aliphatic carbocycles. The number of quaternary nitrogens is 1. The van der Waals surface area contributed by atoms with Crippen LogP contribution in [0.25, 0.3) is 0 Å². The summed E-state index contributed by atoms with van der Waals surface area (Å²) >= 11 is 0. The highest BCUT2D eigenvalue weighted by Crippen LogP contribution is 2.13. The van der Waals surface area contributed by atoms with Crippen LogP contribution in [0, 0.1) is 0 Å². The number of nitrogens with one attached hydrogen (secondary N) is 1. The summed E-state index contributed by atoms with van der Waals surface area (Å²) in [4.78, 5) is 4.54. The predicted octanol–water partition coefficient (Wildman–Crippen LogP) is 6.08. The maximum Gasteiger partial charge on any atom is 0.217 e. The van der Waals surface area contributed by atoms with E-state index < -0.39 is 10.4 Å². The Bertz CT molecular complexity index is 545. The fourth-order valence-electron chi connectivity index (χ4n) is 5.16. The third-order valence-electron chi connectivity index (χ3n) is 7.43. The fourth-order valence-corrected chi connectivity index (χ4v) is 5.16. The highest BCUT2D eigenvalue weighted by molar-refractivity contribution is 7.80. The molecule has 0 spiro atoms. The van der Waals surface area contributed by atoms with Crippen LogP contribution in [0.3, 0.4) is 0 Å². The van der Waals surface area contributed by atoms with E-state index in [0.29, 0.717) is 0 Å². The minimum atomic E-state index is -4.41. The maximum absolute atomic E-state index is 9.22. The van der Waals surface area contributed by atoms with E-state index in [2.05, 4.69) is 30.0 Å². The lowest BCUT2D eigenvalue weighted by Gasteiger charge is -2.25. The Balaban J connectivity index is 0.00000170. The van der Waals surface area contributed by atoms with Gasteiger partial charge in [0.2, 0.25) is 10.4 Å². The molecule has 6 nitrogen and oxygen atoms in total. The fraction of sp³-hybridized carbons (Fsp3) is 1.00. The first-order valence-corrected chi connectivity index (χ1v) is 16.2. The lowest BCUT2D eigenvalue weighted by atomic mass is 10.1. The van der Waals surface area contributed by atoms with E-state index in [-0.39, 0.29) is 0 Å². The molecule has 0 radical (unpaired) electrons. The molecule has 0 aromatic heterocycles. The van der Waals surface area contributed by atoms with Crippen LogP contribution in [0.5, 0.6) is 0 Å². The lowest BCUT2D eigenvalue weighted by molar-refractivity contribution is -0.918. The van der Waals surface area contributed by atoms with Gasteiger partial charge in [0.1, 0.15) is 6.17 Å². The van der Waals surface area contributed by atoms with E-state index in [0.717, 1.165) is 13.3 Å². The van der Waals surface area contributed by atoms with Gasteiger partial charge in [0, 0.05) is 6.42 Å². The molecule has 1 rings (SSSR count). The summed E-state index contributed by atoms with van der Waals surface area (Å²) in [5.41, 5.74) is 0. The zero-order chi connectivity index (χ0) is 26.2. The normalized spacial score (nSPS) is 18.5. The van der Waals surface area contributed by atoms with E-state index >= 15 is 0 Å². The lowest BCUT2D eigenvalue weighted by Crippen LogP contribution is -3.14. The molecule has 0 aromatic carbocycles. The first kappa shape index (κ1) is 34.8. The van der Waals surface area contributed by atoms with Gasteiger partial charge in [0.25, 0.3) is 0 Å². The molecule has 2 atom stereocenters. The average Bonchev–Trinajstić information content (AvgIpc) is 3.18. The van der Waals surface area contributed by atoms with Crippen molar-refractivity contribution in [2.75, 3.05) is 33.8 Å². The van der Waals surface area contributed by atoms with Crippen molar-refractivity contribution in [2.45, 2.75) is 148 Å². The highest BCUT2D eigenvalue weighted by atomic mass is 32.3. The summed E-state index contributed by atoms with van der Waals surface area (Å²) in [5.74, 6) is 0. The van der Waals surface area contributed by atoms with E-state index in [4.69, 9.17) is 0 Å². The number of likely N-dealkylation sites (N-methyl/N-ethyl adjacent to an activating group) is 1. The summed E-state index contributed by atoms with van der Waals surface area (Å²) in [6, 6.07) is 0. The number of unbranched alkanes of at least 4 members (excludes halogenated alkanes) is 17. The maximum atomic E-state index is 9.22. The van der Waals surface area contributed by atoms with Gasteiger partial charge in [-0.3, -0.25) is 9.08 Å². The van der Waals surface area contributed by atoms with Crippen molar-refractivity contribution < 1.29 is 22.1 Å². The zero-order valence-electron chi connectivity index (χ0n) is 23.8. The summed E-state index contributed by atoms with van der Waals surface area (Å²) < 4.78 is 31.0. The quantitative estimate of drug-likeness (QED) is 0.106. The van der Waals surface area contributed by atoms with Crippen molar-refractivity contribution in [1.29, 1.82) is 0 Å². The van der Waals surface area contributed by atoms with Crippen molar-refractivity contribution >= 4 is 10.4 Å². The Kier molecular flexibility index (Phi) is 24.0. The summed E-state index contributed by atoms with van der Waals surface area (Å²) in [6.45, 7) is 8.73. The van der Waals surface area contributed by atoms with E-state index in [1.54, 1.807) is 0 Å². The van der Waals surface area contributed by atoms with Crippen LogP contribution in [0.15, 0.2) is 0 Å². The molecule has 1 heterocycles. The molecule has 0 bridgehead atoms. The Morgan fingerprint density at radius 1 is 0.743 bits per heavy atom. The third-order valence-corrected chi connectivity index (χ3v) is 7.83. The molecule has 0 saturated carbocycles. The van der Waals surface area contributed by atoms with Gasteiger partial charge in [-0.1, -0.05) is 117 Å². The Labute approximate surface area is 219 Å². The Morgan fingerprint density at radius 3 is 1.51 bits per heavy atom. The molecule has 212 valence electrons. The summed E-state index contributed by atoms with van der Waals surface area (Å²) in [7, 11) is -1.24. The SMILES string of the molecule is CCCCCCCCCCCC[NH+]1CCN(C)C1CCCCCCCCCCC.COS(=O)(=O)[O-]. The molecule has 1 aliphatic heterocycles. The topological polar surface area (TPSA) is 74.1 Å². The standard InChI is InChI=1S/C27H56N2.CH4O4S/c1-4-6-8-10-12-14-16-18-20-22-24-29-26-25-28(3)27(29)23-21-19-17-15-13-11-9-7-5-2;1-5-6(2,3)4/h27H,4-26H2,1-3H3;1H3,(H,2,3,4). The van der Waals surface area contributed by atoms with Gasteiger partial charge < -0.3 is 9.45 Å². The molecule has 1 saturated heterocycles. The van der Waals surface area contributed by atoms with Crippen molar-refractivity contribution in [1.82, 2.24) is 4.90 Å². The number of nitrogens with zero attached hydrogens (tertiary/aromatic N) is 1. The molecule has 7 heteroatoms. The van der Waals surface area contributed by atoms with Crippen LogP contribution in [0.4, 0.5) is 0 Å². The molecule has 1 aliphatic rings. The molecule has 0 aromatic rings. The van der Waals surface area contributed by atoms with Gasteiger partial charge in [-0.05, 0) is 26.3 Å². The number of rotatable bonds is 22. The number of hydrogen-bond donors (Lipinski definition) is 1. The monoisotopic (exact) mass is 520 g/mol. The smallest absolute Gasteiger partial charge is 0.217 e. The van der Waals surface area contributed by atoms with Crippen LogP contribution >= 0.6 is 0 Å². The first-order chi connectivity index (χ1) is 16.9. The van der Waals surface area contributed by atoms with Crippen molar-refractivity contribution in [3.63, 3.8) is 0 Å². The molecular weight excluding hydrogens is 460 g/mol. The van der Waals surface area contributed by atoms with E-state index in [9.17, 15) is 13.0 Å². The van der Waals surface area contributed by atoms with E-state index in [1.807, 2.05) is 4.90 Å². The molecule has 2 unspecified atom stereocenters. The third kappa shape index (κ3) is 22.7. The van der Waals surface area contributed by atoms with Gasteiger partial charge in [-0.15, -0.1) is 0 Å². The van der Waals surface area contributed by atoms with Gasteiger partial charge in [0.15, 0.2) is 0 Å². The number of hydrogen-bond acceptors (Lipinski definition) is 5. The van der Waals surface area contributed by atoms with Crippen molar-refractivity contribution in [3.05, 3.63) is 0 Å². The van der Waals surface area contributed by atoms with Crippen LogP contribution < -0.4 is 4.90 Å². The molecule has 0 amide bonds. The van der Waals surface area contributed by atoms with Gasteiger partial charge >= 0.3 is 0 Å². The highest BCUT2D eigenvalue weighted by Gasteiger charge is 2.31. The van der Waals surface area contributed by atoms with Crippen LogP contribution in [0.1, 0.15) is 142 Å². The summed E-state index contributed by atoms with van der Waals surface area (Å²) in [6.07, 6.45) is 29.9. The average molecular weight is 521 g/mol. The first-order valence-electron chi connectivity index (χ1n) is 14.9. The summed E-state index contributed by atoms with van der Waals surface area (Å²) in [5, 5.41) is 0. The molecular formula is C28H60N2O4S. The second-order valence-corrected chi connectivity index (χ2v) is 11.7. The Morgan fingerprint density at radius 2 is 1.11 bits per heavy atom. The van der Waals surface area contributed by atoms with E-state index in [1.165, 1.54) is 148 Å². The van der Waals surface area contributed by atoms with Gasteiger partial charge in [-0.2, -0.15) is 0 Å².